The second kappa shape index (κ2) is 18.4. The van der Waals surface area contributed by atoms with Gasteiger partial charge in [-0.3, -0.25) is 0 Å². The second-order valence-corrected chi connectivity index (χ2v) is 3.28. The van der Waals surface area contributed by atoms with E-state index in [1.165, 1.54) is 12.8 Å². The van der Waals surface area contributed by atoms with Gasteiger partial charge < -0.3 is 11.7 Å². The van der Waals surface area contributed by atoms with E-state index in [-0.39, 0.29) is 35.5 Å². The Labute approximate surface area is 129 Å². The van der Waals surface area contributed by atoms with E-state index in [1.807, 2.05) is 24.3 Å². The molecule has 0 atom stereocenters. The summed E-state index contributed by atoms with van der Waals surface area (Å²) in [7, 11) is 0. The zero-order valence-corrected chi connectivity index (χ0v) is 13.3. The molecule has 1 rings (SSSR count). The first-order valence-corrected chi connectivity index (χ1v) is 5.73. The summed E-state index contributed by atoms with van der Waals surface area (Å²) in [6.45, 7) is 8.68. The van der Waals surface area contributed by atoms with E-state index in [1.54, 1.807) is 0 Å². The minimum atomic E-state index is 0. The maximum absolute atomic E-state index is 5.39. The Hall–Kier alpha value is 0.0762. The number of unbranched alkanes of at least 4 members (excludes halogenated alkanes) is 2. The number of ether oxygens (including phenoxy) is 1. The summed E-state index contributed by atoms with van der Waals surface area (Å²) >= 11 is 0. The zero-order chi connectivity index (χ0) is 11.4. The maximum atomic E-state index is 5.39. The molecule has 0 N–H and O–H groups in total. The van der Waals surface area contributed by atoms with Gasteiger partial charge in [0, 0.05) is 5.75 Å². The summed E-state index contributed by atoms with van der Waals surface area (Å²) in [5.41, 5.74) is 0. The van der Waals surface area contributed by atoms with Crippen molar-refractivity contribution < 1.29 is 4.74 Å². The topological polar surface area (TPSA) is 9.23 Å². The molecule has 0 saturated heterocycles. The minimum absolute atomic E-state index is 0. The van der Waals surface area contributed by atoms with Crippen LogP contribution >= 0.6 is 12.4 Å². The van der Waals surface area contributed by atoms with Crippen LogP contribution in [0.15, 0.2) is 24.3 Å². The summed E-state index contributed by atoms with van der Waals surface area (Å²) in [6.07, 6.45) is 4.57. The third-order valence-electron chi connectivity index (χ3n) is 1.79. The van der Waals surface area contributed by atoms with Crippen LogP contribution in [0, 0.1) is 13.0 Å². The first kappa shape index (κ1) is 22.3. The molecule has 1 nitrogen and oxygen atoms in total. The van der Waals surface area contributed by atoms with E-state index >= 15 is 0 Å². The van der Waals surface area contributed by atoms with Crippen molar-refractivity contribution in [3.05, 3.63) is 37.3 Å². The fourth-order valence-corrected chi connectivity index (χ4v) is 0.793. The van der Waals surface area contributed by atoms with Gasteiger partial charge >= 0.3 is 23.1 Å². The quantitative estimate of drug-likeness (QED) is 0.438. The first-order chi connectivity index (χ1) is 7.35. The van der Waals surface area contributed by atoms with Crippen LogP contribution in [0.3, 0.4) is 0 Å². The Kier molecular flexibility index (Phi) is 24.2. The van der Waals surface area contributed by atoms with E-state index < -0.39 is 0 Å². The molecule has 0 amide bonds. The van der Waals surface area contributed by atoms with Gasteiger partial charge in [-0.05, 0) is 6.42 Å². The molecule has 0 radical (unpaired) electrons. The van der Waals surface area contributed by atoms with Crippen molar-refractivity contribution in [2.75, 3.05) is 6.61 Å². The SMILES string of the molecule is CCCCOc1[c-]cccc1.Cl.[CH2-]CCC.[Mg+2]. The van der Waals surface area contributed by atoms with E-state index in [4.69, 9.17) is 4.74 Å². The van der Waals surface area contributed by atoms with E-state index in [0.29, 0.717) is 0 Å². The van der Waals surface area contributed by atoms with E-state index in [9.17, 15) is 0 Å². The normalized spacial score (nSPS) is 7.94. The molecule has 0 aromatic heterocycles. The Morgan fingerprint density at radius 3 is 2.29 bits per heavy atom. The fraction of sp³-hybridized carbons (Fsp3) is 0.500. The monoisotopic (exact) mass is 266 g/mol. The number of para-hydroxylation sites is 1. The van der Waals surface area contributed by atoms with Gasteiger partial charge in [-0.15, -0.1) is 24.5 Å². The fourth-order valence-electron chi connectivity index (χ4n) is 0.793. The molecule has 94 valence electrons. The Morgan fingerprint density at radius 1 is 1.24 bits per heavy atom. The van der Waals surface area contributed by atoms with Gasteiger partial charge in [0.1, 0.15) is 0 Å². The minimum Gasteiger partial charge on any atom is -0.519 e. The summed E-state index contributed by atoms with van der Waals surface area (Å²) < 4.78 is 5.39. The van der Waals surface area contributed by atoms with Gasteiger partial charge in [0.25, 0.3) is 0 Å². The van der Waals surface area contributed by atoms with Gasteiger partial charge in [0.15, 0.2) is 0 Å². The summed E-state index contributed by atoms with van der Waals surface area (Å²) in [5.74, 6) is 0.848. The molecule has 0 aliphatic rings. The summed E-state index contributed by atoms with van der Waals surface area (Å²) in [5, 5.41) is 0. The third kappa shape index (κ3) is 16.1. The molecule has 0 heterocycles. The molecule has 3 heteroatoms. The van der Waals surface area contributed by atoms with Crippen LogP contribution in [0.25, 0.3) is 0 Å². The molecule has 0 spiro atoms. The summed E-state index contributed by atoms with van der Waals surface area (Å²) in [6, 6.07) is 10.7. The average molecular weight is 267 g/mol. The van der Waals surface area contributed by atoms with Crippen LogP contribution < -0.4 is 4.74 Å². The zero-order valence-electron chi connectivity index (χ0n) is 11.1. The molecule has 0 unspecified atom stereocenters. The van der Waals surface area contributed by atoms with Crippen LogP contribution in [0.1, 0.15) is 39.5 Å². The molecule has 0 bridgehead atoms. The largest absolute Gasteiger partial charge is 2.00 e. The predicted octanol–water partition coefficient (Wildman–Crippen LogP) is 4.33. The average Bonchev–Trinajstić information content (AvgIpc) is 2.31. The maximum Gasteiger partial charge on any atom is 2.00 e. The standard InChI is InChI=1S/C10H13O.C4H9.ClH.Mg/c1-2-3-9-11-10-7-5-4-6-8-10;1-3-4-2;;/h4-7H,2-3,9H2,1H3;1,3-4H2,2H3;1H;/q2*-1;;+2. The molecule has 1 aromatic rings. The number of rotatable bonds is 5. The van der Waals surface area contributed by atoms with Crippen LogP contribution in [0.5, 0.6) is 5.75 Å². The van der Waals surface area contributed by atoms with Crippen molar-refractivity contribution in [3.63, 3.8) is 0 Å². The van der Waals surface area contributed by atoms with Gasteiger partial charge in [0.05, 0.1) is 6.61 Å². The molecule has 0 aliphatic heterocycles. The van der Waals surface area contributed by atoms with E-state index in [2.05, 4.69) is 26.8 Å². The van der Waals surface area contributed by atoms with Gasteiger partial charge in [0.2, 0.25) is 0 Å². The van der Waals surface area contributed by atoms with Gasteiger partial charge in [-0.25, -0.2) is 0 Å². The summed E-state index contributed by atoms with van der Waals surface area (Å²) in [4.78, 5) is 0. The second-order valence-electron chi connectivity index (χ2n) is 3.28. The number of hydrogen-bond donors (Lipinski definition) is 0. The smallest absolute Gasteiger partial charge is 0.519 e. The van der Waals surface area contributed by atoms with Gasteiger partial charge in [-0.2, -0.15) is 24.6 Å². The van der Waals surface area contributed by atoms with Crippen molar-refractivity contribution in [2.45, 2.75) is 39.5 Å². The Bertz CT molecular complexity index is 215. The molecular weight excluding hydrogens is 244 g/mol. The number of hydrogen-bond acceptors (Lipinski definition) is 1. The molecular formula is C14H23ClMgO. The number of benzene rings is 1. The van der Waals surface area contributed by atoms with Crippen LogP contribution in [-0.4, -0.2) is 29.7 Å². The molecule has 17 heavy (non-hydrogen) atoms. The van der Waals surface area contributed by atoms with Crippen LogP contribution in [0.4, 0.5) is 0 Å². The van der Waals surface area contributed by atoms with Crippen LogP contribution in [-0.2, 0) is 0 Å². The predicted molar refractivity (Wildman–Crippen MR) is 78.9 cm³/mol. The van der Waals surface area contributed by atoms with Crippen LogP contribution in [0.2, 0.25) is 0 Å². The van der Waals surface area contributed by atoms with Crippen molar-refractivity contribution in [3.8, 4) is 5.75 Å². The van der Waals surface area contributed by atoms with Crippen molar-refractivity contribution in [1.29, 1.82) is 0 Å². The van der Waals surface area contributed by atoms with Gasteiger partial charge in [-0.1, -0.05) is 26.7 Å². The molecule has 1 aromatic carbocycles. The van der Waals surface area contributed by atoms with Crippen molar-refractivity contribution in [2.24, 2.45) is 0 Å². The molecule has 0 fully saturated rings. The third-order valence-corrected chi connectivity index (χ3v) is 1.79. The Morgan fingerprint density at radius 2 is 1.88 bits per heavy atom. The van der Waals surface area contributed by atoms with E-state index in [0.717, 1.165) is 25.2 Å². The van der Waals surface area contributed by atoms with Crippen molar-refractivity contribution in [1.82, 2.24) is 0 Å². The first-order valence-electron chi connectivity index (χ1n) is 5.73. The molecule has 0 saturated carbocycles. The van der Waals surface area contributed by atoms with Crippen molar-refractivity contribution >= 4 is 35.5 Å². The molecule has 0 aliphatic carbocycles. The Balaban J connectivity index is -0.000000289. The number of halogens is 1.